The Morgan fingerprint density at radius 2 is 1.90 bits per heavy atom. The van der Waals surface area contributed by atoms with Crippen molar-refractivity contribution in [1.29, 1.82) is 0 Å². The van der Waals surface area contributed by atoms with Gasteiger partial charge in [0, 0.05) is 0 Å². The molecular weight excluding hydrogens is 276 g/mol. The highest BCUT2D eigenvalue weighted by Crippen LogP contribution is 2.25. The lowest BCUT2D eigenvalue weighted by Crippen LogP contribution is -2.44. The van der Waals surface area contributed by atoms with Gasteiger partial charge in [0.2, 0.25) is 5.91 Å². The highest BCUT2D eigenvalue weighted by molar-refractivity contribution is 5.94. The first-order valence-electron chi connectivity index (χ1n) is 6.46. The molecule has 0 radical (unpaired) electrons. The third kappa shape index (κ3) is 4.57. The minimum Gasteiger partial charge on any atom is -0.481 e. The molecule has 1 aromatic carbocycles. The van der Waals surface area contributed by atoms with E-state index in [1.807, 2.05) is 0 Å². The number of hydrogen-bond acceptors (Lipinski definition) is 5. The van der Waals surface area contributed by atoms with Crippen LogP contribution in [0.3, 0.4) is 0 Å². The molecule has 3 N–H and O–H groups in total. The zero-order valence-corrected chi connectivity index (χ0v) is 11.7. The predicted molar refractivity (Wildman–Crippen MR) is 74.4 cm³/mol. The van der Waals surface area contributed by atoms with Gasteiger partial charge in [0.1, 0.15) is 0 Å². The monoisotopic (exact) mass is 294 g/mol. The molecular formula is C14H18N2O5. The van der Waals surface area contributed by atoms with Gasteiger partial charge in [-0.3, -0.25) is 9.59 Å². The van der Waals surface area contributed by atoms with Crippen molar-refractivity contribution in [2.24, 2.45) is 5.73 Å². The fraction of sp³-hybridized carbons (Fsp3) is 0.357. The Morgan fingerprint density at radius 3 is 2.38 bits per heavy atom. The minimum absolute atomic E-state index is 0.0712. The summed E-state index contributed by atoms with van der Waals surface area (Å²) in [5, 5.41) is 9.04. The van der Waals surface area contributed by atoms with E-state index >= 15 is 0 Å². The normalized spacial score (nSPS) is 11.5. The zero-order chi connectivity index (χ0) is 15.8. The third-order valence-electron chi connectivity index (χ3n) is 2.77. The maximum Gasteiger partial charge on any atom is 0.417 e. The predicted octanol–water partition coefficient (Wildman–Crippen LogP) is 1.15. The van der Waals surface area contributed by atoms with Crippen molar-refractivity contribution < 1.29 is 24.2 Å². The fourth-order valence-electron chi connectivity index (χ4n) is 1.89. The molecule has 0 saturated heterocycles. The number of aliphatic carboxylic acids is 1. The number of carboxylic acids is 1. The largest absolute Gasteiger partial charge is 0.481 e. The molecule has 1 aromatic rings. The Morgan fingerprint density at radius 1 is 1.29 bits per heavy atom. The van der Waals surface area contributed by atoms with Crippen molar-refractivity contribution in [3.8, 4) is 0 Å². The second-order valence-electron chi connectivity index (χ2n) is 4.19. The van der Waals surface area contributed by atoms with Crippen LogP contribution in [0, 0.1) is 0 Å². The summed E-state index contributed by atoms with van der Waals surface area (Å²) in [6.07, 6.45) is -1.32. The van der Waals surface area contributed by atoms with Crippen LogP contribution < -0.4 is 5.73 Å². The molecule has 114 valence electrons. The number of rotatable bonds is 6. The number of hydrogen-bond donors (Lipinski definition) is 2. The van der Waals surface area contributed by atoms with E-state index in [0.717, 1.165) is 4.90 Å². The van der Waals surface area contributed by atoms with E-state index in [4.69, 9.17) is 15.6 Å². The smallest absolute Gasteiger partial charge is 0.417 e. The number of amides is 2. The molecule has 1 unspecified atom stereocenters. The molecule has 0 bridgehead atoms. The van der Waals surface area contributed by atoms with Gasteiger partial charge in [-0.2, -0.15) is 0 Å². The van der Waals surface area contributed by atoms with Crippen LogP contribution in [0.25, 0.3) is 0 Å². The molecule has 0 aromatic heterocycles. The summed E-state index contributed by atoms with van der Waals surface area (Å²) in [6, 6.07) is 7.47. The number of nitrogens with zero attached hydrogens (tertiary/aromatic N) is 1. The molecule has 0 fully saturated rings. The van der Waals surface area contributed by atoms with Crippen LogP contribution in [0.5, 0.6) is 0 Å². The molecule has 21 heavy (non-hydrogen) atoms. The highest BCUT2D eigenvalue weighted by Gasteiger charge is 2.32. The molecule has 0 aliphatic carbocycles. The van der Waals surface area contributed by atoms with Gasteiger partial charge in [0.15, 0.2) is 0 Å². The molecule has 2 amide bonds. The third-order valence-corrected chi connectivity index (χ3v) is 2.77. The summed E-state index contributed by atoms with van der Waals surface area (Å²) in [7, 11) is 0. The van der Waals surface area contributed by atoms with Gasteiger partial charge in [-0.15, -0.1) is 0 Å². The molecule has 0 spiro atoms. The number of carboxylic acid groups (broad SMARTS) is 1. The van der Waals surface area contributed by atoms with Gasteiger partial charge in [0.25, 0.3) is 0 Å². The Balaban J connectivity index is 3.19. The van der Waals surface area contributed by atoms with Crippen LogP contribution in [0.4, 0.5) is 4.79 Å². The average Bonchev–Trinajstić information content (AvgIpc) is 2.47. The molecule has 0 heterocycles. The summed E-state index contributed by atoms with van der Waals surface area (Å²) in [5.74, 6) is -1.83. The number of carbonyl (C=O) groups excluding carboxylic acids is 2. The van der Waals surface area contributed by atoms with Crippen molar-refractivity contribution >= 4 is 18.0 Å². The first kappa shape index (κ1) is 16.6. The van der Waals surface area contributed by atoms with Gasteiger partial charge in [-0.25, -0.2) is 9.69 Å². The number of nitrogens with two attached hydrogens (primary N) is 1. The van der Waals surface area contributed by atoms with Crippen LogP contribution in [0.15, 0.2) is 30.3 Å². The number of benzene rings is 1. The van der Waals surface area contributed by atoms with Crippen LogP contribution in [-0.2, 0) is 14.3 Å². The van der Waals surface area contributed by atoms with Crippen molar-refractivity contribution in [2.75, 3.05) is 13.2 Å². The van der Waals surface area contributed by atoms with Gasteiger partial charge >= 0.3 is 12.1 Å². The lowest BCUT2D eigenvalue weighted by Gasteiger charge is -2.28. The van der Waals surface area contributed by atoms with Gasteiger partial charge in [-0.05, 0) is 12.5 Å². The van der Waals surface area contributed by atoms with E-state index in [1.54, 1.807) is 37.3 Å². The summed E-state index contributed by atoms with van der Waals surface area (Å²) in [5.41, 5.74) is 5.83. The summed E-state index contributed by atoms with van der Waals surface area (Å²) < 4.78 is 4.83. The van der Waals surface area contributed by atoms with Crippen LogP contribution in [-0.4, -0.2) is 41.1 Å². The quantitative estimate of drug-likeness (QED) is 0.814. The SMILES string of the molecule is CCOC(=O)N(C(=O)CN)C(CC(=O)O)c1ccccc1. The fourth-order valence-corrected chi connectivity index (χ4v) is 1.89. The summed E-state index contributed by atoms with van der Waals surface area (Å²) in [4.78, 5) is 35.7. The van der Waals surface area contributed by atoms with E-state index in [2.05, 4.69) is 0 Å². The van der Waals surface area contributed by atoms with Crippen molar-refractivity contribution in [1.82, 2.24) is 4.90 Å². The lowest BCUT2D eigenvalue weighted by atomic mass is 10.0. The van der Waals surface area contributed by atoms with Gasteiger partial charge in [0.05, 0.1) is 25.6 Å². The van der Waals surface area contributed by atoms with E-state index in [9.17, 15) is 14.4 Å². The maximum atomic E-state index is 12.0. The number of carbonyl (C=O) groups is 3. The Kier molecular flexibility index (Phi) is 6.35. The van der Waals surface area contributed by atoms with E-state index in [0.29, 0.717) is 5.56 Å². The Bertz CT molecular complexity index is 503. The standard InChI is InChI=1S/C14H18N2O5/c1-2-21-14(20)16(12(17)9-15)11(8-13(18)19)10-6-4-3-5-7-10/h3-7,11H,2,8-9,15H2,1H3,(H,18,19). The maximum absolute atomic E-state index is 12.0. The highest BCUT2D eigenvalue weighted by atomic mass is 16.6. The topological polar surface area (TPSA) is 110 Å². The molecule has 0 aliphatic heterocycles. The second kappa shape index (κ2) is 8.01. The first-order valence-corrected chi connectivity index (χ1v) is 6.46. The zero-order valence-electron chi connectivity index (χ0n) is 11.7. The van der Waals surface area contributed by atoms with E-state index in [1.165, 1.54) is 0 Å². The molecule has 7 heteroatoms. The Hall–Kier alpha value is -2.41. The molecule has 0 aliphatic rings. The summed E-state index contributed by atoms with van der Waals surface area (Å²) in [6.45, 7) is 1.25. The van der Waals surface area contributed by atoms with E-state index in [-0.39, 0.29) is 6.61 Å². The number of imide groups is 1. The summed E-state index contributed by atoms with van der Waals surface area (Å²) >= 11 is 0. The van der Waals surface area contributed by atoms with Crippen LogP contribution >= 0.6 is 0 Å². The molecule has 1 rings (SSSR count). The second-order valence-corrected chi connectivity index (χ2v) is 4.19. The number of ether oxygens (including phenoxy) is 1. The van der Waals surface area contributed by atoms with Crippen molar-refractivity contribution in [3.63, 3.8) is 0 Å². The van der Waals surface area contributed by atoms with E-state index < -0.39 is 37.0 Å². The van der Waals surface area contributed by atoms with Crippen LogP contribution in [0.2, 0.25) is 0 Å². The molecule has 1 atom stereocenters. The first-order chi connectivity index (χ1) is 10.0. The van der Waals surface area contributed by atoms with Gasteiger partial charge in [-0.1, -0.05) is 30.3 Å². The lowest BCUT2D eigenvalue weighted by molar-refractivity contribution is -0.139. The average molecular weight is 294 g/mol. The minimum atomic E-state index is -1.14. The van der Waals surface area contributed by atoms with Gasteiger partial charge < -0.3 is 15.6 Å². The van der Waals surface area contributed by atoms with Crippen molar-refractivity contribution in [2.45, 2.75) is 19.4 Å². The van der Waals surface area contributed by atoms with Crippen molar-refractivity contribution in [3.05, 3.63) is 35.9 Å². The molecule has 7 nitrogen and oxygen atoms in total. The Labute approximate surface area is 122 Å². The van der Waals surface area contributed by atoms with Crippen LogP contribution in [0.1, 0.15) is 24.9 Å². The molecule has 0 saturated carbocycles.